The number of aromatic nitrogens is 2. The van der Waals surface area contributed by atoms with Crippen LogP contribution in [-0.2, 0) is 0 Å². The van der Waals surface area contributed by atoms with Crippen LogP contribution < -0.4 is 0 Å². The first-order valence-corrected chi connectivity index (χ1v) is 2.74. The molecule has 0 spiro atoms. The van der Waals surface area contributed by atoms with E-state index in [1.165, 1.54) is 0 Å². The lowest BCUT2D eigenvalue weighted by atomic mass is 10.4. The van der Waals surface area contributed by atoms with E-state index in [1.54, 1.807) is 6.07 Å². The minimum atomic E-state index is -2.68. The molecule has 0 aromatic carbocycles. The van der Waals surface area contributed by atoms with Gasteiger partial charge in [-0.15, -0.1) is 0 Å². The first-order valence-electron chi connectivity index (χ1n) is 2.74. The lowest BCUT2D eigenvalue weighted by molar-refractivity contribution is 0.140. The Labute approximate surface area is 61.3 Å². The summed E-state index contributed by atoms with van der Waals surface area (Å²) in [6.45, 7) is 0. The van der Waals surface area contributed by atoms with Crippen molar-refractivity contribution in [3.8, 4) is 6.07 Å². The average molecular weight is 155 g/mol. The molecule has 11 heavy (non-hydrogen) atoms. The van der Waals surface area contributed by atoms with Crippen molar-refractivity contribution in [3.63, 3.8) is 0 Å². The van der Waals surface area contributed by atoms with Crippen molar-refractivity contribution in [2.75, 3.05) is 0 Å². The molecule has 0 saturated carbocycles. The summed E-state index contributed by atoms with van der Waals surface area (Å²) in [7, 11) is 0. The molecular formula is C6H3F2N3. The predicted molar refractivity (Wildman–Crippen MR) is 31.7 cm³/mol. The maximum absolute atomic E-state index is 11.8. The van der Waals surface area contributed by atoms with Crippen LogP contribution in [0.15, 0.2) is 12.4 Å². The van der Waals surface area contributed by atoms with Gasteiger partial charge < -0.3 is 0 Å². The Morgan fingerprint density at radius 3 is 2.27 bits per heavy atom. The van der Waals surface area contributed by atoms with Crippen LogP contribution in [0.5, 0.6) is 0 Å². The van der Waals surface area contributed by atoms with Crippen LogP contribution in [0.2, 0.25) is 0 Å². The van der Waals surface area contributed by atoms with Crippen LogP contribution in [0.25, 0.3) is 0 Å². The van der Waals surface area contributed by atoms with Crippen LogP contribution in [0.3, 0.4) is 0 Å². The molecule has 0 atom stereocenters. The van der Waals surface area contributed by atoms with Gasteiger partial charge in [-0.25, -0.2) is 18.7 Å². The smallest absolute Gasteiger partial charge is 0.234 e. The third-order valence-corrected chi connectivity index (χ3v) is 0.996. The molecule has 0 radical (unpaired) electrons. The zero-order chi connectivity index (χ0) is 8.27. The zero-order valence-corrected chi connectivity index (χ0v) is 5.33. The molecule has 0 saturated heterocycles. The van der Waals surface area contributed by atoms with Gasteiger partial charge in [0.15, 0.2) is 5.82 Å². The molecule has 0 aliphatic rings. The summed E-state index contributed by atoms with van der Waals surface area (Å²) in [6.07, 6.45) is -0.550. The molecule has 5 heteroatoms. The third kappa shape index (κ3) is 1.67. The number of hydrogen-bond acceptors (Lipinski definition) is 3. The second kappa shape index (κ2) is 3.01. The second-order valence-corrected chi connectivity index (χ2v) is 1.74. The normalized spacial score (nSPS) is 9.64. The summed E-state index contributed by atoms with van der Waals surface area (Å²) in [5.41, 5.74) is 0.175. The van der Waals surface area contributed by atoms with E-state index in [-0.39, 0.29) is 5.56 Å². The lowest BCUT2D eigenvalue weighted by Crippen LogP contribution is -1.94. The minimum absolute atomic E-state index is 0.175. The van der Waals surface area contributed by atoms with E-state index in [1.807, 2.05) is 0 Å². The number of nitriles is 1. The topological polar surface area (TPSA) is 49.6 Å². The molecular weight excluding hydrogens is 152 g/mol. The third-order valence-electron chi connectivity index (χ3n) is 0.996. The van der Waals surface area contributed by atoms with Crippen molar-refractivity contribution < 1.29 is 8.78 Å². The zero-order valence-electron chi connectivity index (χ0n) is 5.33. The Bertz CT molecular complexity index is 275. The van der Waals surface area contributed by atoms with E-state index >= 15 is 0 Å². The van der Waals surface area contributed by atoms with Crippen LogP contribution in [0.1, 0.15) is 17.8 Å². The molecule has 1 aromatic heterocycles. The van der Waals surface area contributed by atoms with Crippen molar-refractivity contribution in [2.45, 2.75) is 6.43 Å². The number of rotatable bonds is 1. The lowest BCUT2D eigenvalue weighted by Gasteiger charge is -1.94. The molecule has 1 aromatic rings. The van der Waals surface area contributed by atoms with Crippen LogP contribution in [0, 0.1) is 11.3 Å². The number of hydrogen-bond donors (Lipinski definition) is 0. The molecule has 0 bridgehead atoms. The van der Waals surface area contributed by atoms with Gasteiger partial charge in [0.1, 0.15) is 6.07 Å². The van der Waals surface area contributed by atoms with E-state index in [2.05, 4.69) is 9.97 Å². The molecule has 1 heterocycles. The van der Waals surface area contributed by atoms with Crippen molar-refractivity contribution >= 4 is 0 Å². The van der Waals surface area contributed by atoms with Gasteiger partial charge in [-0.2, -0.15) is 5.26 Å². The van der Waals surface area contributed by atoms with E-state index < -0.39 is 12.2 Å². The van der Waals surface area contributed by atoms with Gasteiger partial charge in [0, 0.05) is 12.4 Å². The molecule has 0 unspecified atom stereocenters. The predicted octanol–water partition coefficient (Wildman–Crippen LogP) is 1.29. The highest BCUT2D eigenvalue weighted by atomic mass is 19.3. The summed E-state index contributed by atoms with van der Waals surface area (Å²) >= 11 is 0. The van der Waals surface area contributed by atoms with Crippen molar-refractivity contribution in [2.24, 2.45) is 0 Å². The molecule has 0 amide bonds. The maximum Gasteiger partial charge on any atom is 0.297 e. The van der Waals surface area contributed by atoms with Crippen molar-refractivity contribution in [3.05, 3.63) is 23.8 Å². The molecule has 0 aliphatic carbocycles. The number of alkyl halides is 2. The van der Waals surface area contributed by atoms with E-state index in [0.717, 1.165) is 12.4 Å². The van der Waals surface area contributed by atoms with Gasteiger partial charge in [-0.3, -0.25) is 0 Å². The monoisotopic (exact) mass is 155 g/mol. The van der Waals surface area contributed by atoms with Crippen LogP contribution in [-0.4, -0.2) is 9.97 Å². The fourth-order valence-electron chi connectivity index (χ4n) is 0.508. The molecule has 0 fully saturated rings. The Hall–Kier alpha value is -1.57. The quantitative estimate of drug-likeness (QED) is 0.613. The van der Waals surface area contributed by atoms with E-state index in [4.69, 9.17) is 5.26 Å². The summed E-state index contributed by atoms with van der Waals surface area (Å²) in [5.74, 6) is -0.552. The Morgan fingerprint density at radius 1 is 1.36 bits per heavy atom. The fourth-order valence-corrected chi connectivity index (χ4v) is 0.508. The van der Waals surface area contributed by atoms with E-state index in [9.17, 15) is 8.78 Å². The Morgan fingerprint density at radius 2 is 1.91 bits per heavy atom. The average Bonchev–Trinajstić information content (AvgIpc) is 2.05. The SMILES string of the molecule is N#Cc1cnc(C(F)F)nc1. The Balaban J connectivity index is 2.94. The largest absolute Gasteiger partial charge is 0.297 e. The molecule has 0 N–H and O–H groups in total. The summed E-state index contributed by atoms with van der Waals surface area (Å²) < 4.78 is 23.6. The van der Waals surface area contributed by atoms with Gasteiger partial charge in [-0.1, -0.05) is 0 Å². The number of halogens is 2. The fraction of sp³-hybridized carbons (Fsp3) is 0.167. The van der Waals surface area contributed by atoms with Gasteiger partial charge in [0.05, 0.1) is 5.56 Å². The maximum atomic E-state index is 11.8. The highest BCUT2D eigenvalue weighted by Crippen LogP contribution is 2.12. The minimum Gasteiger partial charge on any atom is -0.234 e. The summed E-state index contributed by atoms with van der Waals surface area (Å²) in [6, 6.07) is 1.72. The highest BCUT2D eigenvalue weighted by Gasteiger charge is 2.08. The van der Waals surface area contributed by atoms with Crippen LogP contribution in [0.4, 0.5) is 8.78 Å². The number of nitrogens with zero attached hydrogens (tertiary/aromatic N) is 3. The first kappa shape index (κ1) is 7.54. The molecule has 0 aliphatic heterocycles. The van der Waals surface area contributed by atoms with Crippen LogP contribution >= 0.6 is 0 Å². The molecule has 3 nitrogen and oxygen atoms in total. The molecule has 56 valence electrons. The van der Waals surface area contributed by atoms with Crippen molar-refractivity contribution in [1.29, 1.82) is 5.26 Å². The second-order valence-electron chi connectivity index (χ2n) is 1.74. The first-order chi connectivity index (χ1) is 5.24. The van der Waals surface area contributed by atoms with Gasteiger partial charge >= 0.3 is 0 Å². The highest BCUT2D eigenvalue weighted by molar-refractivity contribution is 5.21. The van der Waals surface area contributed by atoms with Gasteiger partial charge in [0.25, 0.3) is 6.43 Å². The van der Waals surface area contributed by atoms with Gasteiger partial charge in [0.2, 0.25) is 0 Å². The van der Waals surface area contributed by atoms with Crippen molar-refractivity contribution in [1.82, 2.24) is 9.97 Å². The Kier molecular flexibility index (Phi) is 2.06. The molecule has 1 rings (SSSR count). The van der Waals surface area contributed by atoms with Gasteiger partial charge in [-0.05, 0) is 0 Å². The summed E-state index contributed by atoms with van der Waals surface area (Å²) in [5, 5.41) is 8.25. The summed E-state index contributed by atoms with van der Waals surface area (Å²) in [4.78, 5) is 6.53. The van der Waals surface area contributed by atoms with E-state index in [0.29, 0.717) is 0 Å². The standard InChI is InChI=1S/C6H3F2N3/c7-5(8)6-10-2-4(1-9)3-11-6/h2-3,5H.